The van der Waals surface area contributed by atoms with Gasteiger partial charge in [0.25, 0.3) is 0 Å². The monoisotopic (exact) mass is 259 g/mol. The second-order valence-corrected chi connectivity index (χ2v) is 6.12. The zero-order valence-corrected chi connectivity index (χ0v) is 13.2. The lowest BCUT2D eigenvalue weighted by Gasteiger charge is -2.45. The zero-order valence-electron chi connectivity index (χ0n) is 12.3. The van der Waals surface area contributed by atoms with Crippen molar-refractivity contribution in [2.75, 3.05) is 19.6 Å². The van der Waals surface area contributed by atoms with Crippen molar-refractivity contribution in [3.8, 4) is 0 Å². The fourth-order valence-electron chi connectivity index (χ4n) is 2.29. The summed E-state index contributed by atoms with van der Waals surface area (Å²) >= 11 is 5.88. The Morgan fingerprint density at radius 1 is 0.588 bits per heavy atom. The Bertz CT molecular complexity index is 132. The highest BCUT2D eigenvalue weighted by Crippen LogP contribution is 2.14. The van der Waals surface area contributed by atoms with E-state index in [0.29, 0.717) is 0 Å². The van der Waals surface area contributed by atoms with E-state index in [1.807, 2.05) is 0 Å². The van der Waals surface area contributed by atoms with Crippen LogP contribution in [0.1, 0.15) is 78.6 Å². The Balaban J connectivity index is 3.95. The smallest absolute Gasteiger partial charge is 0.0622 e. The van der Waals surface area contributed by atoms with Gasteiger partial charge in [-0.25, -0.2) is 0 Å². The largest absolute Gasteiger partial charge is 0.494 e. The molecule has 0 heterocycles. The molecule has 0 aliphatic rings. The fourth-order valence-corrected chi connectivity index (χ4v) is 2.67. The van der Waals surface area contributed by atoms with Crippen LogP contribution in [0.5, 0.6) is 0 Å². The van der Waals surface area contributed by atoms with Gasteiger partial charge in [-0.15, -0.1) is 0 Å². The summed E-state index contributed by atoms with van der Waals surface area (Å²) in [4.78, 5) is 0. The lowest BCUT2D eigenvalue weighted by atomic mass is 10.2. The predicted octanol–water partition coefficient (Wildman–Crippen LogP) is 4.84. The van der Waals surface area contributed by atoms with Gasteiger partial charge in [0, 0.05) is 0 Å². The summed E-state index contributed by atoms with van der Waals surface area (Å²) < 4.78 is 0.917. The third kappa shape index (κ3) is 9.96. The van der Waals surface area contributed by atoms with Gasteiger partial charge in [0.1, 0.15) is 0 Å². The molecule has 0 saturated heterocycles. The minimum Gasteiger partial charge on any atom is -0.494 e. The van der Waals surface area contributed by atoms with Crippen molar-refractivity contribution in [3.63, 3.8) is 0 Å². The first kappa shape index (κ1) is 17.3. The average molecular weight is 260 g/mol. The standard InChI is InChI=1S/C15H33NS/c1-4-7-10-13-16(17,14-11-8-5-2)15-12-9-6-3/h4-15H2,1-3H3. The Hall–Kier alpha value is 0.310. The summed E-state index contributed by atoms with van der Waals surface area (Å²) in [6.07, 6.45) is 11.9. The molecule has 0 radical (unpaired) electrons. The maximum absolute atomic E-state index is 5.88. The summed E-state index contributed by atoms with van der Waals surface area (Å²) in [6, 6.07) is 0. The third-order valence-electron chi connectivity index (χ3n) is 3.51. The maximum Gasteiger partial charge on any atom is 0.0622 e. The van der Waals surface area contributed by atoms with E-state index in [-0.39, 0.29) is 0 Å². The lowest BCUT2D eigenvalue weighted by molar-refractivity contribution is -0.795. The molecule has 0 amide bonds. The van der Waals surface area contributed by atoms with Crippen LogP contribution >= 0.6 is 0 Å². The van der Waals surface area contributed by atoms with E-state index < -0.39 is 0 Å². The molecule has 0 aromatic heterocycles. The van der Waals surface area contributed by atoms with E-state index in [1.54, 1.807) is 0 Å². The number of quaternary nitrogens is 1. The molecule has 0 aliphatic heterocycles. The molecule has 0 aromatic rings. The molecule has 0 atom stereocenters. The molecular weight excluding hydrogens is 226 g/mol. The maximum atomic E-state index is 5.88. The Morgan fingerprint density at radius 2 is 0.882 bits per heavy atom. The molecule has 1 nitrogen and oxygen atoms in total. The molecule has 0 unspecified atom stereocenters. The second-order valence-electron chi connectivity index (χ2n) is 5.35. The van der Waals surface area contributed by atoms with Crippen LogP contribution < -0.4 is 0 Å². The first-order valence-corrected chi connectivity index (χ1v) is 8.12. The summed E-state index contributed by atoms with van der Waals surface area (Å²) in [5.41, 5.74) is 0. The molecule has 0 N–H and O–H groups in total. The summed E-state index contributed by atoms with van der Waals surface area (Å²) in [6.45, 7) is 10.5. The van der Waals surface area contributed by atoms with Gasteiger partial charge in [-0.2, -0.15) is 0 Å². The van der Waals surface area contributed by atoms with E-state index >= 15 is 0 Å². The van der Waals surface area contributed by atoms with Crippen molar-refractivity contribution in [2.24, 2.45) is 0 Å². The number of hydrogen-bond donors (Lipinski definition) is 0. The molecule has 0 fully saturated rings. The Labute approximate surface area is 115 Å². The first-order valence-electron chi connectivity index (χ1n) is 7.75. The van der Waals surface area contributed by atoms with Crippen molar-refractivity contribution in [1.29, 1.82) is 0 Å². The molecule has 104 valence electrons. The van der Waals surface area contributed by atoms with E-state index in [0.717, 1.165) is 3.89 Å². The first-order chi connectivity index (χ1) is 8.18. The van der Waals surface area contributed by atoms with Gasteiger partial charge in [0.2, 0.25) is 0 Å². The third-order valence-corrected chi connectivity index (χ3v) is 4.06. The van der Waals surface area contributed by atoms with Gasteiger partial charge < -0.3 is 16.7 Å². The molecule has 0 saturated carbocycles. The van der Waals surface area contributed by atoms with Crippen LogP contribution in [-0.2, 0) is 12.8 Å². The van der Waals surface area contributed by atoms with E-state index in [2.05, 4.69) is 20.8 Å². The van der Waals surface area contributed by atoms with Gasteiger partial charge in [0.05, 0.1) is 19.6 Å². The number of nitrogens with zero attached hydrogens (tertiary/aromatic N) is 1. The van der Waals surface area contributed by atoms with Crippen molar-refractivity contribution in [2.45, 2.75) is 78.6 Å². The van der Waals surface area contributed by atoms with Crippen LogP contribution in [0.2, 0.25) is 0 Å². The van der Waals surface area contributed by atoms with Crippen molar-refractivity contribution in [1.82, 2.24) is 0 Å². The van der Waals surface area contributed by atoms with Gasteiger partial charge in [0.15, 0.2) is 0 Å². The van der Waals surface area contributed by atoms with Crippen molar-refractivity contribution >= 4 is 12.8 Å². The fraction of sp³-hybridized carbons (Fsp3) is 1.00. The molecule has 0 spiro atoms. The summed E-state index contributed by atoms with van der Waals surface area (Å²) in [5, 5.41) is 0. The number of unbranched alkanes of at least 4 members (excludes halogenated alkanes) is 6. The normalized spacial score (nSPS) is 12.0. The number of rotatable bonds is 12. The molecule has 17 heavy (non-hydrogen) atoms. The van der Waals surface area contributed by atoms with Gasteiger partial charge in [-0.1, -0.05) is 40.0 Å². The van der Waals surface area contributed by atoms with Crippen LogP contribution in [0.4, 0.5) is 0 Å². The molecular formula is C15H33NS. The number of hydrogen-bond acceptors (Lipinski definition) is 1. The van der Waals surface area contributed by atoms with Crippen LogP contribution in [0.15, 0.2) is 0 Å². The molecule has 0 aromatic carbocycles. The van der Waals surface area contributed by atoms with E-state index in [9.17, 15) is 0 Å². The topological polar surface area (TPSA) is 0 Å². The highest BCUT2D eigenvalue weighted by atomic mass is 32.1. The minimum atomic E-state index is 0.917. The SMILES string of the molecule is CCCCC[N+]([S-])(CCCCC)CCCCC. The average Bonchev–Trinajstić information content (AvgIpc) is 2.30. The highest BCUT2D eigenvalue weighted by Gasteiger charge is 2.13. The summed E-state index contributed by atoms with van der Waals surface area (Å²) in [7, 11) is 0. The van der Waals surface area contributed by atoms with E-state index in [1.165, 1.54) is 77.4 Å². The Kier molecular flexibility index (Phi) is 11.6. The zero-order chi connectivity index (χ0) is 13.0. The summed E-state index contributed by atoms with van der Waals surface area (Å²) in [5.74, 6) is 0. The molecule has 0 rings (SSSR count). The Morgan fingerprint density at radius 3 is 1.12 bits per heavy atom. The quantitative estimate of drug-likeness (QED) is 0.275. The second kappa shape index (κ2) is 11.4. The van der Waals surface area contributed by atoms with Crippen molar-refractivity contribution in [3.05, 3.63) is 0 Å². The predicted molar refractivity (Wildman–Crippen MR) is 80.8 cm³/mol. The highest BCUT2D eigenvalue weighted by molar-refractivity contribution is 7.52. The van der Waals surface area contributed by atoms with Gasteiger partial charge >= 0.3 is 0 Å². The van der Waals surface area contributed by atoms with E-state index in [4.69, 9.17) is 12.8 Å². The van der Waals surface area contributed by atoms with Crippen LogP contribution in [-0.4, -0.2) is 23.5 Å². The van der Waals surface area contributed by atoms with Crippen LogP contribution in [0, 0.1) is 0 Å². The molecule has 2 heteroatoms. The van der Waals surface area contributed by atoms with Crippen LogP contribution in [0.3, 0.4) is 0 Å². The van der Waals surface area contributed by atoms with Crippen LogP contribution in [0.25, 0.3) is 0 Å². The molecule has 0 aliphatic carbocycles. The van der Waals surface area contributed by atoms with Gasteiger partial charge in [-0.05, 0) is 38.5 Å². The minimum absolute atomic E-state index is 0.917. The lowest BCUT2D eigenvalue weighted by Crippen LogP contribution is -2.44. The van der Waals surface area contributed by atoms with Crippen molar-refractivity contribution < 1.29 is 3.89 Å². The molecule has 0 bridgehead atoms. The van der Waals surface area contributed by atoms with Gasteiger partial charge in [-0.3, -0.25) is 0 Å².